The fourth-order valence-electron chi connectivity index (χ4n) is 2.89. The van der Waals surface area contributed by atoms with E-state index in [0.717, 1.165) is 28.5 Å². The summed E-state index contributed by atoms with van der Waals surface area (Å²) in [6.45, 7) is 3.91. The molecule has 0 fully saturated rings. The lowest BCUT2D eigenvalue weighted by Crippen LogP contribution is -2.14. The van der Waals surface area contributed by atoms with Gasteiger partial charge in [-0.15, -0.1) is 0 Å². The molecule has 1 heterocycles. The van der Waals surface area contributed by atoms with Gasteiger partial charge in [-0.05, 0) is 42.7 Å². The summed E-state index contributed by atoms with van der Waals surface area (Å²) in [5.74, 6) is -0.459. The molecule has 0 unspecified atom stereocenters. The first-order chi connectivity index (χ1) is 12.5. The molecule has 26 heavy (non-hydrogen) atoms. The second-order valence-corrected chi connectivity index (χ2v) is 6.38. The number of para-hydroxylation sites is 1. The van der Waals surface area contributed by atoms with Gasteiger partial charge in [-0.25, -0.2) is 0 Å². The quantitative estimate of drug-likeness (QED) is 0.491. The third-order valence-corrected chi connectivity index (χ3v) is 4.80. The number of rotatable bonds is 4. The normalized spacial score (nSPS) is 11.4. The molecule has 0 saturated carbocycles. The highest BCUT2D eigenvalue weighted by atomic mass is 35.5. The highest BCUT2D eigenvalue weighted by molar-refractivity contribution is 6.31. The van der Waals surface area contributed by atoms with Gasteiger partial charge in [-0.2, -0.15) is 5.26 Å². The van der Waals surface area contributed by atoms with Crippen molar-refractivity contribution >= 4 is 40.2 Å². The van der Waals surface area contributed by atoms with Crippen molar-refractivity contribution in [1.82, 2.24) is 4.98 Å². The number of nitrogens with one attached hydrogen (secondary N) is 2. The van der Waals surface area contributed by atoms with Crippen LogP contribution in [0, 0.1) is 18.3 Å². The fourth-order valence-corrected chi connectivity index (χ4v) is 3.06. The number of amides is 1. The van der Waals surface area contributed by atoms with Crippen molar-refractivity contribution in [3.8, 4) is 6.07 Å². The maximum Gasteiger partial charge on any atom is 0.266 e. The topological polar surface area (TPSA) is 68.7 Å². The number of hydrogen-bond donors (Lipinski definition) is 2. The Labute approximate surface area is 157 Å². The number of H-pyrrole nitrogens is 1. The monoisotopic (exact) mass is 363 g/mol. The maximum atomic E-state index is 12.5. The molecule has 0 aliphatic rings. The molecule has 0 radical (unpaired) electrons. The summed E-state index contributed by atoms with van der Waals surface area (Å²) in [7, 11) is 0. The fraction of sp³-hybridized carbons (Fsp3) is 0.143. The number of aromatic amines is 1. The number of carbonyl (C=O) groups excluding carboxylic acids is 1. The lowest BCUT2D eigenvalue weighted by atomic mass is 10.1. The average Bonchev–Trinajstić information content (AvgIpc) is 3.06. The van der Waals surface area contributed by atoms with Gasteiger partial charge in [0.05, 0.1) is 0 Å². The molecule has 0 atom stereocenters. The molecule has 0 spiro atoms. The molecule has 4 nitrogen and oxygen atoms in total. The van der Waals surface area contributed by atoms with Crippen molar-refractivity contribution in [1.29, 1.82) is 5.26 Å². The number of anilines is 1. The first-order valence-electron chi connectivity index (χ1n) is 8.32. The number of fused-ring (bicyclic) bond motifs is 1. The van der Waals surface area contributed by atoms with Gasteiger partial charge in [0.15, 0.2) is 0 Å². The Morgan fingerprint density at radius 3 is 2.81 bits per heavy atom. The molecule has 2 N–H and O–H groups in total. The van der Waals surface area contributed by atoms with Gasteiger partial charge < -0.3 is 10.3 Å². The van der Waals surface area contributed by atoms with Crippen LogP contribution in [0.3, 0.4) is 0 Å². The minimum absolute atomic E-state index is 0.0344. The zero-order valence-electron chi connectivity index (χ0n) is 14.6. The Kier molecular flexibility index (Phi) is 5.11. The minimum Gasteiger partial charge on any atom is -0.360 e. The number of nitriles is 1. The molecular weight excluding hydrogens is 346 g/mol. The second kappa shape index (κ2) is 7.47. The number of hydrogen-bond acceptors (Lipinski definition) is 2. The van der Waals surface area contributed by atoms with Crippen LogP contribution < -0.4 is 5.32 Å². The van der Waals surface area contributed by atoms with Gasteiger partial charge in [0.1, 0.15) is 11.6 Å². The van der Waals surface area contributed by atoms with E-state index < -0.39 is 5.91 Å². The Bertz CT molecular complexity index is 1060. The Balaban J connectivity index is 1.95. The molecule has 3 aromatic rings. The molecule has 0 aliphatic carbocycles. The van der Waals surface area contributed by atoms with Gasteiger partial charge in [0.25, 0.3) is 5.91 Å². The minimum atomic E-state index is -0.459. The van der Waals surface area contributed by atoms with Crippen molar-refractivity contribution < 1.29 is 4.79 Å². The Hall–Kier alpha value is -3.03. The number of aromatic nitrogens is 1. The van der Waals surface area contributed by atoms with E-state index in [1.54, 1.807) is 24.3 Å². The largest absolute Gasteiger partial charge is 0.360 e. The van der Waals surface area contributed by atoms with E-state index in [-0.39, 0.29) is 5.57 Å². The first-order valence-corrected chi connectivity index (χ1v) is 8.70. The van der Waals surface area contributed by atoms with Crippen molar-refractivity contribution in [2.45, 2.75) is 20.3 Å². The highest BCUT2D eigenvalue weighted by Crippen LogP contribution is 2.26. The SMILES string of the molecule is CCc1cccc2c(/C=C(\C#N)C(=O)Nc3cccc(Cl)c3C)c[nH]c12. The van der Waals surface area contributed by atoms with E-state index in [2.05, 4.69) is 23.3 Å². The summed E-state index contributed by atoms with van der Waals surface area (Å²) in [5.41, 5.74) is 4.43. The predicted molar refractivity (Wildman–Crippen MR) is 106 cm³/mol. The molecule has 5 heteroatoms. The van der Waals surface area contributed by atoms with Crippen molar-refractivity contribution in [3.63, 3.8) is 0 Å². The van der Waals surface area contributed by atoms with Crippen LogP contribution in [0.15, 0.2) is 48.2 Å². The lowest BCUT2D eigenvalue weighted by Gasteiger charge is -2.08. The van der Waals surface area contributed by atoms with Gasteiger partial charge in [0.2, 0.25) is 0 Å². The lowest BCUT2D eigenvalue weighted by molar-refractivity contribution is -0.112. The molecule has 0 aliphatic heterocycles. The summed E-state index contributed by atoms with van der Waals surface area (Å²) < 4.78 is 0. The molecule has 0 bridgehead atoms. The molecular formula is C21H18ClN3O. The summed E-state index contributed by atoms with van der Waals surface area (Å²) in [5, 5.41) is 13.8. The van der Waals surface area contributed by atoms with Crippen LogP contribution in [0.2, 0.25) is 5.02 Å². The molecule has 2 aromatic carbocycles. The van der Waals surface area contributed by atoms with E-state index in [0.29, 0.717) is 10.7 Å². The van der Waals surface area contributed by atoms with Crippen LogP contribution >= 0.6 is 11.6 Å². The number of halogens is 1. The van der Waals surface area contributed by atoms with E-state index >= 15 is 0 Å². The van der Waals surface area contributed by atoms with E-state index in [1.807, 2.05) is 31.3 Å². The van der Waals surface area contributed by atoms with Crippen LogP contribution in [0.5, 0.6) is 0 Å². The van der Waals surface area contributed by atoms with E-state index in [9.17, 15) is 10.1 Å². The van der Waals surface area contributed by atoms with Crippen molar-refractivity contribution in [3.05, 3.63) is 69.9 Å². The average molecular weight is 364 g/mol. The van der Waals surface area contributed by atoms with Crippen molar-refractivity contribution in [2.75, 3.05) is 5.32 Å². The summed E-state index contributed by atoms with van der Waals surface area (Å²) >= 11 is 6.08. The van der Waals surface area contributed by atoms with E-state index in [4.69, 9.17) is 11.6 Å². The Morgan fingerprint density at radius 2 is 2.08 bits per heavy atom. The molecule has 0 saturated heterocycles. The smallest absolute Gasteiger partial charge is 0.266 e. The van der Waals surface area contributed by atoms with Gasteiger partial charge in [0, 0.05) is 33.4 Å². The first kappa shape index (κ1) is 17.8. The standard InChI is InChI=1S/C21H18ClN3O/c1-3-14-6-4-7-17-16(12-24-20(14)17)10-15(11-23)21(26)25-19-9-5-8-18(22)13(19)2/h4-10,12,24H,3H2,1-2H3,(H,25,26)/b15-10+. The highest BCUT2D eigenvalue weighted by Gasteiger charge is 2.13. The molecule has 3 rings (SSSR count). The summed E-state index contributed by atoms with van der Waals surface area (Å²) in [6.07, 6.45) is 4.33. The number of benzene rings is 2. The van der Waals surface area contributed by atoms with Gasteiger partial charge in [-0.1, -0.05) is 42.8 Å². The second-order valence-electron chi connectivity index (χ2n) is 5.97. The van der Waals surface area contributed by atoms with Crippen LogP contribution in [0.4, 0.5) is 5.69 Å². The third-order valence-electron chi connectivity index (χ3n) is 4.40. The predicted octanol–water partition coefficient (Wildman–Crippen LogP) is 5.24. The molecule has 1 amide bonds. The maximum absolute atomic E-state index is 12.5. The summed E-state index contributed by atoms with van der Waals surface area (Å²) in [6, 6.07) is 13.3. The number of aryl methyl sites for hydroxylation is 1. The number of nitrogens with zero attached hydrogens (tertiary/aromatic N) is 1. The zero-order valence-corrected chi connectivity index (χ0v) is 15.3. The van der Waals surface area contributed by atoms with Crippen molar-refractivity contribution in [2.24, 2.45) is 0 Å². The third kappa shape index (κ3) is 3.35. The molecule has 1 aromatic heterocycles. The van der Waals surface area contributed by atoms with E-state index in [1.165, 1.54) is 5.56 Å². The summed E-state index contributed by atoms with van der Waals surface area (Å²) in [4.78, 5) is 15.8. The van der Waals surface area contributed by atoms with Crippen LogP contribution in [0.1, 0.15) is 23.6 Å². The Morgan fingerprint density at radius 1 is 1.31 bits per heavy atom. The van der Waals surface area contributed by atoms with Crippen LogP contribution in [0.25, 0.3) is 17.0 Å². The van der Waals surface area contributed by atoms with Crippen LogP contribution in [-0.2, 0) is 11.2 Å². The van der Waals surface area contributed by atoms with Gasteiger partial charge in [-0.3, -0.25) is 4.79 Å². The van der Waals surface area contributed by atoms with Crippen LogP contribution in [-0.4, -0.2) is 10.9 Å². The zero-order chi connectivity index (χ0) is 18.7. The van der Waals surface area contributed by atoms with Gasteiger partial charge >= 0.3 is 0 Å². The number of carbonyl (C=O) groups is 1. The molecule has 130 valence electrons.